The lowest BCUT2D eigenvalue weighted by molar-refractivity contribution is -0.137. The molecule has 0 atom stereocenters. The molecule has 0 aliphatic rings. The topological polar surface area (TPSA) is 71.3 Å². The lowest BCUT2D eigenvalue weighted by Crippen LogP contribution is -2.19. The summed E-state index contributed by atoms with van der Waals surface area (Å²) in [7, 11) is 0. The number of rotatable bonds is 4. The van der Waals surface area contributed by atoms with Gasteiger partial charge in [0.2, 0.25) is 0 Å². The van der Waals surface area contributed by atoms with Crippen LogP contribution in [0.4, 0.5) is 5.69 Å². The van der Waals surface area contributed by atoms with Crippen molar-refractivity contribution < 1.29 is 14.7 Å². The van der Waals surface area contributed by atoms with Crippen molar-refractivity contribution in [3.63, 3.8) is 0 Å². The van der Waals surface area contributed by atoms with Gasteiger partial charge in [-0.3, -0.25) is 9.59 Å². The molecule has 0 bridgehead atoms. The molecule has 7 heteroatoms. The molecule has 1 heterocycles. The number of nitrogens with one attached hydrogen (secondary N) is 1. The Morgan fingerprint density at radius 1 is 1.35 bits per heavy atom. The summed E-state index contributed by atoms with van der Waals surface area (Å²) >= 11 is 9.18. The Labute approximate surface area is 128 Å². The fourth-order valence-corrected chi connectivity index (χ4v) is 2.20. The van der Waals surface area contributed by atoms with Gasteiger partial charge in [0, 0.05) is 15.7 Å². The molecule has 2 N–H and O–H groups in total. The summed E-state index contributed by atoms with van der Waals surface area (Å²) in [6, 6.07) is 8.18. The molecular formula is C13H10BrClN2O3. The minimum absolute atomic E-state index is 0.263. The molecular weight excluding hydrogens is 348 g/mol. The molecule has 2 aromatic rings. The van der Waals surface area contributed by atoms with Crippen molar-refractivity contribution in [2.45, 2.75) is 6.54 Å². The zero-order valence-electron chi connectivity index (χ0n) is 10.1. The number of halogens is 2. The van der Waals surface area contributed by atoms with E-state index in [1.54, 1.807) is 30.3 Å². The van der Waals surface area contributed by atoms with E-state index >= 15 is 0 Å². The van der Waals surface area contributed by atoms with E-state index in [9.17, 15) is 9.59 Å². The first-order valence-electron chi connectivity index (χ1n) is 5.60. The minimum atomic E-state index is -1.01. The first-order chi connectivity index (χ1) is 9.47. The van der Waals surface area contributed by atoms with Gasteiger partial charge in [-0.15, -0.1) is 0 Å². The van der Waals surface area contributed by atoms with E-state index < -0.39 is 11.9 Å². The van der Waals surface area contributed by atoms with Gasteiger partial charge in [0.1, 0.15) is 12.2 Å². The number of hydrogen-bond donors (Lipinski definition) is 2. The van der Waals surface area contributed by atoms with Gasteiger partial charge in [-0.05, 0) is 46.3 Å². The van der Waals surface area contributed by atoms with E-state index in [1.165, 1.54) is 10.8 Å². The Kier molecular flexibility index (Phi) is 4.46. The summed E-state index contributed by atoms with van der Waals surface area (Å²) in [6.45, 7) is -0.271. The molecule has 20 heavy (non-hydrogen) atoms. The van der Waals surface area contributed by atoms with E-state index in [0.29, 0.717) is 15.2 Å². The SMILES string of the molecule is O=C(O)Cn1cccc1C(=O)Nc1cc(Cl)ccc1Br. The number of carboxylic acids is 1. The average Bonchev–Trinajstić information content (AvgIpc) is 2.81. The van der Waals surface area contributed by atoms with Crippen LogP contribution in [-0.2, 0) is 11.3 Å². The highest BCUT2D eigenvalue weighted by molar-refractivity contribution is 9.10. The van der Waals surface area contributed by atoms with Crippen LogP contribution in [0.1, 0.15) is 10.5 Å². The molecule has 0 fully saturated rings. The van der Waals surface area contributed by atoms with Gasteiger partial charge in [0.15, 0.2) is 0 Å². The third-order valence-electron chi connectivity index (χ3n) is 2.54. The predicted octanol–water partition coefficient (Wildman–Crippen LogP) is 3.24. The number of aromatic nitrogens is 1. The second-order valence-electron chi connectivity index (χ2n) is 3.99. The zero-order chi connectivity index (χ0) is 14.7. The van der Waals surface area contributed by atoms with Gasteiger partial charge in [-0.2, -0.15) is 0 Å². The maximum atomic E-state index is 12.2. The Morgan fingerprint density at radius 2 is 2.10 bits per heavy atom. The Hall–Kier alpha value is -1.79. The lowest BCUT2D eigenvalue weighted by Gasteiger charge is -2.09. The summed E-state index contributed by atoms with van der Waals surface area (Å²) < 4.78 is 2.04. The number of anilines is 1. The summed E-state index contributed by atoms with van der Waals surface area (Å²) in [5, 5.41) is 12.0. The maximum Gasteiger partial charge on any atom is 0.323 e. The van der Waals surface area contributed by atoms with Gasteiger partial charge in [0.25, 0.3) is 5.91 Å². The molecule has 0 unspecified atom stereocenters. The van der Waals surface area contributed by atoms with Crippen LogP contribution in [-0.4, -0.2) is 21.6 Å². The smallest absolute Gasteiger partial charge is 0.323 e. The molecule has 0 radical (unpaired) electrons. The summed E-state index contributed by atoms with van der Waals surface area (Å²) in [4.78, 5) is 22.9. The fourth-order valence-electron chi connectivity index (χ4n) is 1.68. The normalized spacial score (nSPS) is 10.3. The highest BCUT2D eigenvalue weighted by atomic mass is 79.9. The third kappa shape index (κ3) is 3.40. The van der Waals surface area contributed by atoms with Crippen LogP contribution in [0, 0.1) is 0 Å². The standard InChI is InChI=1S/C13H10BrClN2O3/c14-9-4-3-8(15)6-10(9)16-13(20)11-2-1-5-17(11)7-12(18)19/h1-6H,7H2,(H,16,20)(H,18,19). The Morgan fingerprint density at radius 3 is 2.80 bits per heavy atom. The number of amides is 1. The Bertz CT molecular complexity index is 669. The fraction of sp³-hybridized carbons (Fsp3) is 0.0769. The molecule has 104 valence electrons. The van der Waals surface area contributed by atoms with Gasteiger partial charge >= 0.3 is 5.97 Å². The van der Waals surface area contributed by atoms with Crippen molar-refractivity contribution in [2.75, 3.05) is 5.32 Å². The molecule has 1 aromatic heterocycles. The molecule has 0 aliphatic carbocycles. The van der Waals surface area contributed by atoms with Crippen molar-refractivity contribution in [2.24, 2.45) is 0 Å². The van der Waals surface area contributed by atoms with E-state index in [1.807, 2.05) is 0 Å². The van der Waals surface area contributed by atoms with E-state index in [4.69, 9.17) is 16.7 Å². The lowest BCUT2D eigenvalue weighted by atomic mass is 10.3. The second kappa shape index (κ2) is 6.11. The molecule has 5 nitrogen and oxygen atoms in total. The number of carbonyl (C=O) groups excluding carboxylic acids is 1. The first-order valence-corrected chi connectivity index (χ1v) is 6.78. The van der Waals surface area contributed by atoms with Crippen molar-refractivity contribution in [1.29, 1.82) is 0 Å². The highest BCUT2D eigenvalue weighted by Gasteiger charge is 2.14. The van der Waals surface area contributed by atoms with Crippen LogP contribution in [0.25, 0.3) is 0 Å². The molecule has 0 saturated carbocycles. The van der Waals surface area contributed by atoms with Crippen LogP contribution >= 0.6 is 27.5 Å². The number of nitrogens with zero attached hydrogens (tertiary/aromatic N) is 1. The Balaban J connectivity index is 2.22. The van der Waals surface area contributed by atoms with Crippen molar-refractivity contribution >= 4 is 45.1 Å². The third-order valence-corrected chi connectivity index (χ3v) is 3.47. The molecule has 0 aliphatic heterocycles. The molecule has 1 amide bonds. The zero-order valence-corrected chi connectivity index (χ0v) is 12.5. The van der Waals surface area contributed by atoms with Crippen molar-refractivity contribution in [1.82, 2.24) is 4.57 Å². The summed E-state index contributed by atoms with van der Waals surface area (Å²) in [6.07, 6.45) is 1.54. The average molecular weight is 358 g/mol. The van der Waals surface area contributed by atoms with Crippen molar-refractivity contribution in [3.05, 3.63) is 51.7 Å². The molecule has 0 spiro atoms. The minimum Gasteiger partial charge on any atom is -0.480 e. The van der Waals surface area contributed by atoms with Crippen LogP contribution in [0.2, 0.25) is 5.02 Å². The van der Waals surface area contributed by atoms with Crippen LogP contribution in [0.5, 0.6) is 0 Å². The molecule has 0 saturated heterocycles. The van der Waals surface area contributed by atoms with Gasteiger partial charge in [0.05, 0.1) is 5.69 Å². The van der Waals surface area contributed by atoms with Crippen molar-refractivity contribution in [3.8, 4) is 0 Å². The molecule has 2 rings (SSSR count). The number of carbonyl (C=O) groups is 2. The number of carboxylic acid groups (broad SMARTS) is 1. The highest BCUT2D eigenvalue weighted by Crippen LogP contribution is 2.26. The van der Waals surface area contributed by atoms with Crippen LogP contribution in [0.3, 0.4) is 0 Å². The largest absolute Gasteiger partial charge is 0.480 e. The van der Waals surface area contributed by atoms with E-state index in [-0.39, 0.29) is 12.2 Å². The second-order valence-corrected chi connectivity index (χ2v) is 5.28. The monoisotopic (exact) mass is 356 g/mol. The number of hydrogen-bond acceptors (Lipinski definition) is 2. The van der Waals surface area contributed by atoms with E-state index in [2.05, 4.69) is 21.2 Å². The van der Waals surface area contributed by atoms with E-state index in [0.717, 1.165) is 0 Å². The first kappa shape index (κ1) is 14.6. The predicted molar refractivity (Wildman–Crippen MR) is 79.2 cm³/mol. The maximum absolute atomic E-state index is 12.2. The summed E-state index contributed by atoms with van der Waals surface area (Å²) in [5.41, 5.74) is 0.782. The van der Waals surface area contributed by atoms with Gasteiger partial charge in [-0.25, -0.2) is 0 Å². The van der Waals surface area contributed by atoms with Crippen LogP contribution in [0.15, 0.2) is 41.0 Å². The number of benzene rings is 1. The van der Waals surface area contributed by atoms with Crippen LogP contribution < -0.4 is 5.32 Å². The number of aliphatic carboxylic acids is 1. The quantitative estimate of drug-likeness (QED) is 0.882. The molecule has 1 aromatic carbocycles. The van der Waals surface area contributed by atoms with Gasteiger partial charge < -0.3 is 15.0 Å². The summed E-state index contributed by atoms with van der Waals surface area (Å²) in [5.74, 6) is -1.42. The van der Waals surface area contributed by atoms with Gasteiger partial charge in [-0.1, -0.05) is 11.6 Å².